The zero-order chi connectivity index (χ0) is 13.7. The molecule has 1 aromatic rings. The summed E-state index contributed by atoms with van der Waals surface area (Å²) in [6.45, 7) is 3.35. The Hall–Kier alpha value is -1.28. The van der Waals surface area contributed by atoms with Crippen molar-refractivity contribution in [3.8, 4) is 5.75 Å². The minimum Gasteiger partial charge on any atom is -0.497 e. The van der Waals surface area contributed by atoms with Crippen LogP contribution in [0.25, 0.3) is 6.08 Å². The van der Waals surface area contributed by atoms with E-state index < -0.39 is 0 Å². The smallest absolute Gasteiger partial charge is 0.118 e. The van der Waals surface area contributed by atoms with E-state index in [-0.39, 0.29) is 0 Å². The molecule has 2 nitrogen and oxygen atoms in total. The molecule has 0 aromatic heterocycles. The zero-order valence-corrected chi connectivity index (χ0v) is 12.4. The van der Waals surface area contributed by atoms with Crippen molar-refractivity contribution in [1.82, 2.24) is 4.90 Å². The average Bonchev–Trinajstić information content (AvgIpc) is 2.48. The van der Waals surface area contributed by atoms with Gasteiger partial charge in [-0.1, -0.05) is 37.1 Å². The lowest BCUT2D eigenvalue weighted by molar-refractivity contribution is 0.250. The predicted molar refractivity (Wildman–Crippen MR) is 81.5 cm³/mol. The van der Waals surface area contributed by atoms with Crippen molar-refractivity contribution in [1.29, 1.82) is 0 Å². The Morgan fingerprint density at radius 2 is 2.00 bits per heavy atom. The number of benzene rings is 1. The van der Waals surface area contributed by atoms with Crippen LogP contribution in [0.2, 0.25) is 0 Å². The van der Waals surface area contributed by atoms with Crippen molar-refractivity contribution in [2.45, 2.75) is 38.6 Å². The van der Waals surface area contributed by atoms with Crippen LogP contribution in [0.4, 0.5) is 0 Å². The van der Waals surface area contributed by atoms with Crippen molar-refractivity contribution in [2.75, 3.05) is 20.7 Å². The number of rotatable bonds is 4. The van der Waals surface area contributed by atoms with Crippen molar-refractivity contribution in [3.63, 3.8) is 0 Å². The Bertz CT molecular complexity index is 421. The molecular weight excluding hydrogens is 234 g/mol. The molecule has 2 rings (SSSR count). The Labute approximate surface area is 117 Å². The second-order valence-corrected chi connectivity index (χ2v) is 5.33. The van der Waals surface area contributed by atoms with Gasteiger partial charge < -0.3 is 4.74 Å². The van der Waals surface area contributed by atoms with E-state index in [1.165, 1.54) is 31.2 Å². The number of ether oxygens (including phenoxy) is 1. The number of nitrogens with zero attached hydrogens (tertiary/aromatic N) is 1. The normalized spacial score (nSPS) is 21.9. The second kappa shape index (κ2) is 6.76. The number of hydrogen-bond donors (Lipinski definition) is 0. The summed E-state index contributed by atoms with van der Waals surface area (Å²) in [7, 11) is 3.94. The molecule has 0 N–H and O–H groups in total. The quantitative estimate of drug-likeness (QED) is 0.811. The maximum absolute atomic E-state index is 5.21. The Morgan fingerprint density at radius 3 is 2.63 bits per heavy atom. The first-order chi connectivity index (χ1) is 9.24. The minimum absolute atomic E-state index is 0.626. The van der Waals surface area contributed by atoms with Gasteiger partial charge in [0, 0.05) is 6.04 Å². The Balaban J connectivity index is 2.17. The highest BCUT2D eigenvalue weighted by molar-refractivity contribution is 5.55. The van der Waals surface area contributed by atoms with E-state index in [4.69, 9.17) is 4.74 Å². The fourth-order valence-corrected chi connectivity index (χ4v) is 2.83. The molecule has 0 radical (unpaired) electrons. The van der Waals surface area contributed by atoms with Crippen LogP contribution in [-0.4, -0.2) is 31.6 Å². The molecule has 19 heavy (non-hydrogen) atoms. The minimum atomic E-state index is 0.626. The Kier molecular flexibility index (Phi) is 5.03. The number of likely N-dealkylation sites (N-methyl/N-ethyl adjacent to an activating group) is 1. The van der Waals surface area contributed by atoms with E-state index in [1.807, 2.05) is 12.1 Å². The molecule has 0 spiro atoms. The summed E-state index contributed by atoms with van der Waals surface area (Å²) in [6.07, 6.45) is 7.59. The zero-order valence-electron chi connectivity index (χ0n) is 12.4. The average molecular weight is 259 g/mol. The van der Waals surface area contributed by atoms with Gasteiger partial charge in [-0.25, -0.2) is 0 Å². The lowest BCUT2D eigenvalue weighted by Crippen LogP contribution is -2.34. The molecule has 1 atom stereocenters. The van der Waals surface area contributed by atoms with Crippen LogP contribution in [0.5, 0.6) is 5.75 Å². The molecule has 1 fully saturated rings. The molecule has 1 aliphatic rings. The van der Waals surface area contributed by atoms with Crippen molar-refractivity contribution in [3.05, 3.63) is 35.4 Å². The molecule has 1 unspecified atom stereocenters. The summed E-state index contributed by atoms with van der Waals surface area (Å²) in [5.41, 5.74) is 2.87. The first kappa shape index (κ1) is 14.1. The van der Waals surface area contributed by atoms with Crippen molar-refractivity contribution >= 4 is 6.08 Å². The van der Waals surface area contributed by atoms with Gasteiger partial charge >= 0.3 is 0 Å². The van der Waals surface area contributed by atoms with E-state index in [1.54, 1.807) is 12.7 Å². The Morgan fingerprint density at radius 1 is 1.26 bits per heavy atom. The molecular formula is C17H25NO. The van der Waals surface area contributed by atoms with Gasteiger partial charge in [0.2, 0.25) is 0 Å². The summed E-state index contributed by atoms with van der Waals surface area (Å²) < 4.78 is 5.21. The van der Waals surface area contributed by atoms with Gasteiger partial charge in [0.25, 0.3) is 0 Å². The standard InChI is InChI=1S/C17H25NO/c1-4-18(2)17-8-6-5-7-15(17)13-14-9-11-16(19-3)12-10-14/h9-13,17H,4-8H2,1-3H3. The maximum atomic E-state index is 5.21. The van der Waals surface area contributed by atoms with Crippen LogP contribution in [0.15, 0.2) is 29.8 Å². The third-order valence-corrected chi connectivity index (χ3v) is 4.12. The van der Waals surface area contributed by atoms with Crippen LogP contribution in [0.3, 0.4) is 0 Å². The van der Waals surface area contributed by atoms with E-state index in [2.05, 4.69) is 37.1 Å². The maximum Gasteiger partial charge on any atom is 0.118 e. The summed E-state index contributed by atoms with van der Waals surface area (Å²) in [5, 5.41) is 0. The highest BCUT2D eigenvalue weighted by atomic mass is 16.5. The fourth-order valence-electron chi connectivity index (χ4n) is 2.83. The largest absolute Gasteiger partial charge is 0.497 e. The molecule has 1 aliphatic carbocycles. The van der Waals surface area contributed by atoms with Gasteiger partial charge in [-0.3, -0.25) is 4.90 Å². The molecule has 104 valence electrons. The van der Waals surface area contributed by atoms with Gasteiger partial charge in [-0.2, -0.15) is 0 Å². The monoisotopic (exact) mass is 259 g/mol. The molecule has 0 saturated heterocycles. The second-order valence-electron chi connectivity index (χ2n) is 5.33. The first-order valence-corrected chi connectivity index (χ1v) is 7.29. The highest BCUT2D eigenvalue weighted by Crippen LogP contribution is 2.29. The summed E-state index contributed by atoms with van der Waals surface area (Å²) in [5.74, 6) is 0.924. The predicted octanol–water partition coefficient (Wildman–Crippen LogP) is 3.97. The van der Waals surface area contributed by atoms with Gasteiger partial charge in [0.1, 0.15) is 5.75 Å². The van der Waals surface area contributed by atoms with Gasteiger partial charge in [-0.15, -0.1) is 0 Å². The molecule has 0 amide bonds. The van der Waals surface area contributed by atoms with E-state index in [0.717, 1.165) is 12.3 Å². The fraction of sp³-hybridized carbons (Fsp3) is 0.529. The van der Waals surface area contributed by atoms with Crippen LogP contribution in [0.1, 0.15) is 38.2 Å². The lowest BCUT2D eigenvalue weighted by atomic mass is 9.87. The van der Waals surface area contributed by atoms with Crippen molar-refractivity contribution in [2.24, 2.45) is 0 Å². The summed E-state index contributed by atoms with van der Waals surface area (Å²) in [4.78, 5) is 2.47. The van der Waals surface area contributed by atoms with Crippen molar-refractivity contribution < 1.29 is 4.74 Å². The third kappa shape index (κ3) is 3.60. The summed E-state index contributed by atoms with van der Waals surface area (Å²) in [6, 6.07) is 8.98. The first-order valence-electron chi connectivity index (χ1n) is 7.29. The van der Waals surface area contributed by atoms with E-state index in [9.17, 15) is 0 Å². The SMILES string of the molecule is CCN(C)C1CCCCC1=Cc1ccc(OC)cc1. The molecule has 0 heterocycles. The van der Waals surface area contributed by atoms with E-state index in [0.29, 0.717) is 6.04 Å². The van der Waals surface area contributed by atoms with Crippen LogP contribution in [-0.2, 0) is 0 Å². The highest BCUT2D eigenvalue weighted by Gasteiger charge is 2.21. The molecule has 0 aliphatic heterocycles. The molecule has 1 saturated carbocycles. The molecule has 2 heteroatoms. The van der Waals surface area contributed by atoms with Gasteiger partial charge in [-0.05, 0) is 50.6 Å². The third-order valence-electron chi connectivity index (χ3n) is 4.12. The topological polar surface area (TPSA) is 12.5 Å². The molecule has 0 bridgehead atoms. The summed E-state index contributed by atoms with van der Waals surface area (Å²) >= 11 is 0. The lowest BCUT2D eigenvalue weighted by Gasteiger charge is -2.33. The van der Waals surface area contributed by atoms with Crippen LogP contribution in [0, 0.1) is 0 Å². The van der Waals surface area contributed by atoms with Gasteiger partial charge in [0.15, 0.2) is 0 Å². The molecule has 1 aromatic carbocycles. The number of hydrogen-bond acceptors (Lipinski definition) is 2. The number of methoxy groups -OCH3 is 1. The van der Waals surface area contributed by atoms with E-state index >= 15 is 0 Å². The van der Waals surface area contributed by atoms with Gasteiger partial charge in [0.05, 0.1) is 7.11 Å². The van der Waals surface area contributed by atoms with Crippen LogP contribution < -0.4 is 4.74 Å². The van der Waals surface area contributed by atoms with Crippen LogP contribution >= 0.6 is 0 Å².